The topological polar surface area (TPSA) is 63.8 Å². The number of rotatable bonds is 2. The largest absolute Gasteiger partial charge is 0.393 e. The average Bonchev–Trinajstić information content (AvgIpc) is 2.28. The Bertz CT molecular complexity index is 573. The van der Waals surface area contributed by atoms with Crippen LogP contribution in [0, 0.1) is 20.8 Å². The molecule has 5 heteroatoms. The fourth-order valence-corrected chi connectivity index (χ4v) is 2.10. The van der Waals surface area contributed by atoms with Crippen molar-refractivity contribution in [1.29, 1.82) is 0 Å². The molecule has 0 spiro atoms. The maximum absolute atomic E-state index is 5.87. The molecule has 1 aromatic carbocycles. The Hall–Kier alpha value is -1.81. The van der Waals surface area contributed by atoms with Crippen molar-refractivity contribution in [3.8, 4) is 0 Å². The van der Waals surface area contributed by atoms with E-state index in [9.17, 15) is 0 Å². The van der Waals surface area contributed by atoms with Crippen molar-refractivity contribution in [2.75, 3.05) is 11.1 Å². The second-order valence-corrected chi connectivity index (χ2v) is 4.68. The molecule has 0 fully saturated rings. The zero-order chi connectivity index (χ0) is 13.3. The standard InChI is InChI=1S/C13H15ClN4/c1-7-4-8(2)11(9(3)5-7)18-13-10(15)12(14)16-6-17-13/h4-6H,15H2,1-3H3,(H,16,17,18). The van der Waals surface area contributed by atoms with Crippen molar-refractivity contribution >= 4 is 28.8 Å². The molecule has 2 rings (SSSR count). The van der Waals surface area contributed by atoms with Gasteiger partial charge in [0.15, 0.2) is 11.0 Å². The number of benzene rings is 1. The highest BCUT2D eigenvalue weighted by Gasteiger charge is 2.09. The van der Waals surface area contributed by atoms with Crippen molar-refractivity contribution in [2.45, 2.75) is 20.8 Å². The smallest absolute Gasteiger partial charge is 0.158 e. The molecule has 1 heterocycles. The van der Waals surface area contributed by atoms with Gasteiger partial charge in [-0.05, 0) is 31.9 Å². The molecule has 0 unspecified atom stereocenters. The van der Waals surface area contributed by atoms with Gasteiger partial charge in [-0.2, -0.15) is 0 Å². The maximum atomic E-state index is 5.87. The van der Waals surface area contributed by atoms with Crippen LogP contribution in [0.1, 0.15) is 16.7 Å². The lowest BCUT2D eigenvalue weighted by atomic mass is 10.1. The van der Waals surface area contributed by atoms with E-state index in [4.69, 9.17) is 17.3 Å². The van der Waals surface area contributed by atoms with E-state index in [2.05, 4.69) is 34.3 Å². The zero-order valence-corrected chi connectivity index (χ0v) is 11.3. The number of nitrogen functional groups attached to an aromatic ring is 1. The minimum atomic E-state index is 0.259. The van der Waals surface area contributed by atoms with Gasteiger partial charge in [-0.25, -0.2) is 9.97 Å². The third-order valence-corrected chi connectivity index (χ3v) is 3.06. The Morgan fingerprint density at radius 3 is 2.33 bits per heavy atom. The lowest BCUT2D eigenvalue weighted by Crippen LogP contribution is -2.03. The summed E-state index contributed by atoms with van der Waals surface area (Å²) in [7, 11) is 0. The monoisotopic (exact) mass is 262 g/mol. The van der Waals surface area contributed by atoms with Gasteiger partial charge in [0.2, 0.25) is 0 Å². The normalized spacial score (nSPS) is 10.4. The quantitative estimate of drug-likeness (QED) is 0.815. The van der Waals surface area contributed by atoms with Crippen LogP contribution in [0.5, 0.6) is 0 Å². The number of nitrogens with one attached hydrogen (secondary N) is 1. The lowest BCUT2D eigenvalue weighted by Gasteiger charge is -2.14. The van der Waals surface area contributed by atoms with Crippen LogP contribution in [0.25, 0.3) is 0 Å². The average molecular weight is 263 g/mol. The van der Waals surface area contributed by atoms with Crippen LogP contribution in [-0.4, -0.2) is 9.97 Å². The highest BCUT2D eigenvalue weighted by Crippen LogP contribution is 2.29. The van der Waals surface area contributed by atoms with Crippen LogP contribution >= 0.6 is 11.6 Å². The predicted molar refractivity (Wildman–Crippen MR) is 75.4 cm³/mol. The first-order valence-corrected chi connectivity index (χ1v) is 5.97. The summed E-state index contributed by atoms with van der Waals surface area (Å²) in [5.41, 5.74) is 10.7. The third kappa shape index (κ3) is 2.38. The van der Waals surface area contributed by atoms with Crippen molar-refractivity contribution in [3.05, 3.63) is 40.3 Å². The Labute approximate surface area is 111 Å². The maximum Gasteiger partial charge on any atom is 0.158 e. The second-order valence-electron chi connectivity index (χ2n) is 4.33. The first kappa shape index (κ1) is 12.6. The number of anilines is 3. The molecule has 0 amide bonds. The minimum absolute atomic E-state index is 0.259. The van der Waals surface area contributed by atoms with Gasteiger partial charge in [-0.3, -0.25) is 0 Å². The number of aromatic nitrogens is 2. The lowest BCUT2D eigenvalue weighted by molar-refractivity contribution is 1.17. The summed E-state index contributed by atoms with van der Waals surface area (Å²) < 4.78 is 0. The van der Waals surface area contributed by atoms with E-state index < -0.39 is 0 Å². The molecule has 0 aliphatic rings. The van der Waals surface area contributed by atoms with E-state index in [0.717, 1.165) is 16.8 Å². The molecule has 0 atom stereocenters. The molecular weight excluding hydrogens is 248 g/mol. The Morgan fingerprint density at radius 1 is 1.11 bits per heavy atom. The molecule has 0 saturated carbocycles. The van der Waals surface area contributed by atoms with Crippen molar-refractivity contribution < 1.29 is 0 Å². The van der Waals surface area contributed by atoms with Crippen LogP contribution in [0.15, 0.2) is 18.5 Å². The molecule has 3 N–H and O–H groups in total. The fourth-order valence-electron chi connectivity index (χ4n) is 1.97. The van der Waals surface area contributed by atoms with E-state index >= 15 is 0 Å². The van der Waals surface area contributed by atoms with E-state index in [0.29, 0.717) is 11.5 Å². The molecule has 0 saturated heterocycles. The molecule has 0 bridgehead atoms. The summed E-state index contributed by atoms with van der Waals surface area (Å²) in [4.78, 5) is 7.94. The summed E-state index contributed by atoms with van der Waals surface area (Å²) >= 11 is 5.87. The van der Waals surface area contributed by atoms with Gasteiger partial charge in [0.05, 0.1) is 0 Å². The van der Waals surface area contributed by atoms with Crippen molar-refractivity contribution in [2.24, 2.45) is 0 Å². The molecular formula is C13H15ClN4. The van der Waals surface area contributed by atoms with Crippen LogP contribution in [0.4, 0.5) is 17.2 Å². The molecule has 0 aliphatic carbocycles. The SMILES string of the molecule is Cc1cc(C)c(Nc2ncnc(Cl)c2N)c(C)c1. The van der Waals surface area contributed by atoms with Gasteiger partial charge in [0.1, 0.15) is 12.0 Å². The summed E-state index contributed by atoms with van der Waals surface area (Å²) in [6.45, 7) is 6.16. The minimum Gasteiger partial charge on any atom is -0.393 e. The second kappa shape index (κ2) is 4.82. The highest BCUT2D eigenvalue weighted by atomic mass is 35.5. The molecule has 0 aliphatic heterocycles. The van der Waals surface area contributed by atoms with E-state index in [1.54, 1.807) is 0 Å². The highest BCUT2D eigenvalue weighted by molar-refractivity contribution is 6.32. The fraction of sp³-hybridized carbons (Fsp3) is 0.231. The number of hydrogen-bond acceptors (Lipinski definition) is 4. The number of nitrogens with two attached hydrogens (primary N) is 1. The molecule has 2 aromatic rings. The first-order chi connectivity index (χ1) is 8.49. The van der Waals surface area contributed by atoms with Crippen LogP contribution in [-0.2, 0) is 0 Å². The van der Waals surface area contributed by atoms with Gasteiger partial charge in [-0.15, -0.1) is 0 Å². The molecule has 4 nitrogen and oxygen atoms in total. The Balaban J connectivity index is 2.43. The Morgan fingerprint density at radius 2 is 1.72 bits per heavy atom. The van der Waals surface area contributed by atoms with Gasteiger partial charge in [-0.1, -0.05) is 29.3 Å². The van der Waals surface area contributed by atoms with Gasteiger partial charge in [0.25, 0.3) is 0 Å². The summed E-state index contributed by atoms with van der Waals surface area (Å²) in [5.74, 6) is 0.532. The van der Waals surface area contributed by atoms with Gasteiger partial charge in [0, 0.05) is 5.69 Å². The third-order valence-electron chi connectivity index (χ3n) is 2.76. The van der Waals surface area contributed by atoms with E-state index in [1.165, 1.54) is 11.9 Å². The summed E-state index contributed by atoms with van der Waals surface area (Å²) in [6, 6.07) is 4.21. The van der Waals surface area contributed by atoms with Gasteiger partial charge < -0.3 is 11.1 Å². The van der Waals surface area contributed by atoms with Crippen LogP contribution in [0.3, 0.4) is 0 Å². The first-order valence-electron chi connectivity index (χ1n) is 5.60. The predicted octanol–water partition coefficient (Wildman–Crippen LogP) is 3.38. The molecule has 18 heavy (non-hydrogen) atoms. The Kier molecular flexibility index (Phi) is 3.39. The number of hydrogen-bond donors (Lipinski definition) is 2. The van der Waals surface area contributed by atoms with Crippen molar-refractivity contribution in [3.63, 3.8) is 0 Å². The summed E-state index contributed by atoms with van der Waals surface area (Å²) in [6.07, 6.45) is 1.39. The molecule has 94 valence electrons. The number of halogens is 1. The van der Waals surface area contributed by atoms with E-state index in [-0.39, 0.29) is 5.15 Å². The van der Waals surface area contributed by atoms with Crippen molar-refractivity contribution in [1.82, 2.24) is 9.97 Å². The number of aryl methyl sites for hydroxylation is 3. The molecule has 1 aromatic heterocycles. The van der Waals surface area contributed by atoms with Crippen LogP contribution in [0.2, 0.25) is 5.15 Å². The van der Waals surface area contributed by atoms with Gasteiger partial charge >= 0.3 is 0 Å². The van der Waals surface area contributed by atoms with E-state index in [1.807, 2.05) is 13.8 Å². The van der Waals surface area contributed by atoms with Crippen LogP contribution < -0.4 is 11.1 Å². The summed E-state index contributed by atoms with van der Waals surface area (Å²) in [5, 5.41) is 3.48. The molecule has 0 radical (unpaired) electrons. The zero-order valence-electron chi connectivity index (χ0n) is 10.6. The number of nitrogens with zero attached hydrogens (tertiary/aromatic N) is 2.